The second-order valence-electron chi connectivity index (χ2n) is 6.61. The molecule has 3 aliphatic carbocycles. The second kappa shape index (κ2) is 3.72. The number of carbonyl (C=O) groups excluding carboxylic acids is 1. The Morgan fingerprint density at radius 2 is 1.88 bits per heavy atom. The molecule has 3 saturated carbocycles. The van der Waals surface area contributed by atoms with Crippen molar-refractivity contribution in [2.24, 2.45) is 35.5 Å². The number of carbonyl (C=O) groups is 1. The average molecular weight is 298 g/mol. The summed E-state index contributed by atoms with van der Waals surface area (Å²) in [6, 6.07) is 0. The van der Waals surface area contributed by atoms with Gasteiger partial charge in [-0.1, -0.05) is 15.9 Å². The molecule has 0 spiro atoms. The number of hydrogen-bond acceptors (Lipinski definition) is 1. The van der Waals surface area contributed by atoms with E-state index in [1.54, 1.807) is 0 Å². The summed E-state index contributed by atoms with van der Waals surface area (Å²) in [5.74, 6) is 5.14. The van der Waals surface area contributed by atoms with Crippen LogP contribution in [0.3, 0.4) is 0 Å². The van der Waals surface area contributed by atoms with Crippen LogP contribution in [0, 0.1) is 35.5 Å². The van der Waals surface area contributed by atoms with Gasteiger partial charge in [0.05, 0.1) is 0 Å². The van der Waals surface area contributed by atoms with Crippen LogP contribution in [-0.2, 0) is 4.79 Å². The van der Waals surface area contributed by atoms with Crippen LogP contribution in [0.1, 0.15) is 25.7 Å². The number of fused-ring (bicyclic) bond motifs is 5. The first-order chi connectivity index (χ1) is 8.29. The maximum atomic E-state index is 12.5. The van der Waals surface area contributed by atoms with Gasteiger partial charge in [0.1, 0.15) is 0 Å². The number of hydrogen-bond donors (Lipinski definition) is 0. The van der Waals surface area contributed by atoms with Gasteiger partial charge in [-0.2, -0.15) is 0 Å². The minimum Gasteiger partial charge on any atom is -0.342 e. The highest BCUT2D eigenvalue weighted by molar-refractivity contribution is 9.09. The SMILES string of the molecule is O=C(C1C2C3CCC(C3)C12)N1CCC(CBr)C1. The van der Waals surface area contributed by atoms with E-state index in [1.165, 1.54) is 25.7 Å². The van der Waals surface area contributed by atoms with E-state index >= 15 is 0 Å². The van der Waals surface area contributed by atoms with Crippen molar-refractivity contribution in [3.05, 3.63) is 0 Å². The third-order valence-corrected chi connectivity index (χ3v) is 6.75. The monoisotopic (exact) mass is 297 g/mol. The quantitative estimate of drug-likeness (QED) is 0.717. The maximum Gasteiger partial charge on any atom is 0.226 e. The number of alkyl halides is 1. The number of rotatable bonds is 2. The lowest BCUT2D eigenvalue weighted by Crippen LogP contribution is -2.32. The first kappa shape index (κ1) is 10.8. The highest BCUT2D eigenvalue weighted by Crippen LogP contribution is 2.69. The number of likely N-dealkylation sites (tertiary alicyclic amines) is 1. The fourth-order valence-electron chi connectivity index (χ4n) is 5.02. The molecule has 4 aliphatic rings. The third kappa shape index (κ3) is 1.47. The van der Waals surface area contributed by atoms with Gasteiger partial charge in [0.15, 0.2) is 0 Å². The Morgan fingerprint density at radius 1 is 1.18 bits per heavy atom. The Labute approximate surface area is 111 Å². The normalized spacial score (nSPS) is 50.8. The van der Waals surface area contributed by atoms with E-state index in [0.717, 1.165) is 42.1 Å². The van der Waals surface area contributed by atoms with Crippen molar-refractivity contribution in [3.8, 4) is 0 Å². The molecular weight excluding hydrogens is 278 g/mol. The van der Waals surface area contributed by atoms with Crippen molar-refractivity contribution in [2.45, 2.75) is 25.7 Å². The molecule has 3 heteroatoms. The lowest BCUT2D eigenvalue weighted by atomic mass is 10.0. The minimum absolute atomic E-state index is 0.454. The van der Waals surface area contributed by atoms with Crippen LogP contribution in [0.5, 0.6) is 0 Å². The fourth-order valence-corrected chi connectivity index (χ4v) is 5.55. The predicted octanol–water partition coefficient (Wildman–Crippen LogP) is 2.52. The van der Waals surface area contributed by atoms with E-state index in [9.17, 15) is 4.79 Å². The molecule has 4 rings (SSSR count). The molecule has 1 amide bonds. The van der Waals surface area contributed by atoms with E-state index < -0.39 is 0 Å². The van der Waals surface area contributed by atoms with Crippen molar-refractivity contribution >= 4 is 21.8 Å². The van der Waals surface area contributed by atoms with Gasteiger partial charge in [0.2, 0.25) is 5.91 Å². The van der Waals surface area contributed by atoms with Crippen LogP contribution in [0.15, 0.2) is 0 Å². The second-order valence-corrected chi connectivity index (χ2v) is 7.25. The molecule has 4 fully saturated rings. The summed E-state index contributed by atoms with van der Waals surface area (Å²) in [7, 11) is 0. The molecular formula is C14H20BrNO. The van der Waals surface area contributed by atoms with E-state index in [4.69, 9.17) is 0 Å². The Bertz CT molecular complexity index is 342. The van der Waals surface area contributed by atoms with Gasteiger partial charge >= 0.3 is 0 Å². The minimum atomic E-state index is 0.454. The first-order valence-electron chi connectivity index (χ1n) is 7.14. The number of amides is 1. The number of nitrogens with zero attached hydrogens (tertiary/aromatic N) is 1. The van der Waals surface area contributed by atoms with E-state index in [1.807, 2.05) is 0 Å². The Hall–Kier alpha value is -0.0500. The molecule has 5 unspecified atom stereocenters. The van der Waals surface area contributed by atoms with Crippen LogP contribution >= 0.6 is 15.9 Å². The molecule has 17 heavy (non-hydrogen) atoms. The molecule has 94 valence electrons. The van der Waals surface area contributed by atoms with Crippen molar-refractivity contribution in [2.75, 3.05) is 18.4 Å². The highest BCUT2D eigenvalue weighted by Gasteiger charge is 2.68. The molecule has 0 aromatic carbocycles. The van der Waals surface area contributed by atoms with E-state index in [-0.39, 0.29) is 0 Å². The summed E-state index contributed by atoms with van der Waals surface area (Å²) >= 11 is 3.55. The number of halogens is 1. The average Bonchev–Trinajstić information content (AvgIpc) is 2.79. The van der Waals surface area contributed by atoms with Crippen molar-refractivity contribution in [1.82, 2.24) is 4.90 Å². The van der Waals surface area contributed by atoms with Gasteiger partial charge in [-0.05, 0) is 55.3 Å². The molecule has 2 nitrogen and oxygen atoms in total. The summed E-state index contributed by atoms with van der Waals surface area (Å²) in [6.07, 6.45) is 5.48. The standard InChI is InChI=1S/C14H20BrNO/c15-6-8-3-4-16(7-8)14(17)13-11-9-1-2-10(5-9)12(11)13/h8-13H,1-7H2. The molecule has 1 aliphatic heterocycles. The zero-order chi connectivity index (χ0) is 11.6. The molecule has 0 N–H and O–H groups in total. The molecule has 1 heterocycles. The van der Waals surface area contributed by atoms with Gasteiger partial charge in [0, 0.05) is 24.3 Å². The summed E-state index contributed by atoms with van der Waals surface area (Å²) in [5.41, 5.74) is 0. The van der Waals surface area contributed by atoms with Gasteiger partial charge < -0.3 is 4.90 Å². The lowest BCUT2D eigenvalue weighted by Gasteiger charge is -2.18. The lowest BCUT2D eigenvalue weighted by molar-refractivity contribution is -0.132. The van der Waals surface area contributed by atoms with Crippen LogP contribution in [0.4, 0.5) is 0 Å². The van der Waals surface area contributed by atoms with Gasteiger partial charge in [0.25, 0.3) is 0 Å². The molecule has 2 bridgehead atoms. The molecule has 0 aromatic rings. The fraction of sp³-hybridized carbons (Fsp3) is 0.929. The van der Waals surface area contributed by atoms with Gasteiger partial charge in [-0.15, -0.1) is 0 Å². The molecule has 1 saturated heterocycles. The summed E-state index contributed by atoms with van der Waals surface area (Å²) < 4.78 is 0. The molecule has 0 radical (unpaired) electrons. The van der Waals surface area contributed by atoms with E-state index in [0.29, 0.717) is 17.7 Å². The largest absolute Gasteiger partial charge is 0.342 e. The van der Waals surface area contributed by atoms with Crippen LogP contribution in [-0.4, -0.2) is 29.2 Å². The van der Waals surface area contributed by atoms with Gasteiger partial charge in [-0.25, -0.2) is 0 Å². The molecule has 0 aromatic heterocycles. The van der Waals surface area contributed by atoms with Gasteiger partial charge in [-0.3, -0.25) is 4.79 Å². The summed E-state index contributed by atoms with van der Waals surface area (Å²) in [4.78, 5) is 14.7. The van der Waals surface area contributed by atoms with Crippen molar-refractivity contribution < 1.29 is 4.79 Å². The Balaban J connectivity index is 1.43. The summed E-state index contributed by atoms with van der Waals surface area (Å²) in [6.45, 7) is 2.02. The highest BCUT2D eigenvalue weighted by atomic mass is 79.9. The Morgan fingerprint density at radius 3 is 2.47 bits per heavy atom. The van der Waals surface area contributed by atoms with E-state index in [2.05, 4.69) is 20.8 Å². The zero-order valence-corrected chi connectivity index (χ0v) is 11.7. The van der Waals surface area contributed by atoms with Crippen LogP contribution in [0.25, 0.3) is 0 Å². The predicted molar refractivity (Wildman–Crippen MR) is 69.8 cm³/mol. The summed E-state index contributed by atoms with van der Waals surface area (Å²) in [5, 5.41) is 1.06. The topological polar surface area (TPSA) is 20.3 Å². The molecule has 5 atom stereocenters. The van der Waals surface area contributed by atoms with Crippen LogP contribution < -0.4 is 0 Å². The van der Waals surface area contributed by atoms with Crippen molar-refractivity contribution in [3.63, 3.8) is 0 Å². The van der Waals surface area contributed by atoms with Crippen LogP contribution in [0.2, 0.25) is 0 Å². The third-order valence-electron chi connectivity index (χ3n) is 5.84. The van der Waals surface area contributed by atoms with Crippen molar-refractivity contribution in [1.29, 1.82) is 0 Å². The first-order valence-corrected chi connectivity index (χ1v) is 8.26. The maximum absolute atomic E-state index is 12.5. The zero-order valence-electron chi connectivity index (χ0n) is 10.1. The Kier molecular flexibility index (Phi) is 2.37. The smallest absolute Gasteiger partial charge is 0.226 e.